The summed E-state index contributed by atoms with van der Waals surface area (Å²) in [6.45, 7) is 4.20. The number of rotatable bonds is 6. The highest BCUT2D eigenvalue weighted by molar-refractivity contribution is 6.00. The normalized spacial score (nSPS) is 14.5. The van der Waals surface area contributed by atoms with Gasteiger partial charge in [-0.2, -0.15) is 5.10 Å². The smallest absolute Gasteiger partial charge is 0.273 e. The van der Waals surface area contributed by atoms with E-state index in [1.54, 1.807) is 12.4 Å². The van der Waals surface area contributed by atoms with Crippen LogP contribution in [-0.4, -0.2) is 31.1 Å². The molecular weight excluding hydrogens is 476 g/mol. The first kappa shape index (κ1) is 23.5. The molecule has 1 atom stereocenters. The number of phenols is 1. The van der Waals surface area contributed by atoms with E-state index >= 15 is 0 Å². The molecule has 0 saturated heterocycles. The number of amides is 1. The largest absolute Gasteiger partial charge is 0.507 e. The number of nitrogens with one attached hydrogen (secondary N) is 1. The number of hydrogen-bond acceptors (Lipinski definition) is 5. The minimum atomic E-state index is -0.453. The van der Waals surface area contributed by atoms with Crippen LogP contribution in [0, 0.1) is 13.8 Å². The first-order chi connectivity index (χ1) is 18.5. The van der Waals surface area contributed by atoms with Gasteiger partial charge in [-0.25, -0.2) is 0 Å². The van der Waals surface area contributed by atoms with Gasteiger partial charge in [-0.15, -0.1) is 0 Å². The van der Waals surface area contributed by atoms with Crippen LogP contribution in [0.1, 0.15) is 44.3 Å². The Hall–Kier alpha value is -4.91. The highest BCUT2D eigenvalue weighted by Crippen LogP contribution is 2.46. The number of pyridine rings is 1. The van der Waals surface area contributed by atoms with E-state index in [0.717, 1.165) is 33.6 Å². The van der Waals surface area contributed by atoms with E-state index in [4.69, 9.17) is 4.74 Å². The van der Waals surface area contributed by atoms with Crippen LogP contribution in [0.5, 0.6) is 17.2 Å². The van der Waals surface area contributed by atoms with Crippen molar-refractivity contribution in [3.8, 4) is 28.5 Å². The molecule has 7 heteroatoms. The molecule has 0 aliphatic carbocycles. The van der Waals surface area contributed by atoms with Gasteiger partial charge in [0, 0.05) is 30.1 Å². The molecule has 0 bridgehead atoms. The van der Waals surface area contributed by atoms with Crippen LogP contribution in [-0.2, 0) is 6.54 Å². The van der Waals surface area contributed by atoms with E-state index in [0.29, 0.717) is 29.2 Å². The Kier molecular flexibility index (Phi) is 5.88. The summed E-state index contributed by atoms with van der Waals surface area (Å²) in [5.74, 6) is 1.38. The van der Waals surface area contributed by atoms with Gasteiger partial charge >= 0.3 is 0 Å². The fourth-order valence-electron chi connectivity index (χ4n) is 5.11. The zero-order valence-corrected chi connectivity index (χ0v) is 21.1. The van der Waals surface area contributed by atoms with Crippen LogP contribution in [0.25, 0.3) is 11.3 Å². The van der Waals surface area contributed by atoms with Crippen LogP contribution in [0.4, 0.5) is 0 Å². The zero-order valence-electron chi connectivity index (χ0n) is 21.1. The Bertz CT molecular complexity index is 1630. The number of aromatic nitrogens is 3. The fourth-order valence-corrected chi connectivity index (χ4v) is 5.11. The van der Waals surface area contributed by atoms with Crippen LogP contribution >= 0.6 is 0 Å². The van der Waals surface area contributed by atoms with Gasteiger partial charge in [0.2, 0.25) is 0 Å². The molecule has 6 rings (SSSR count). The van der Waals surface area contributed by atoms with Crippen LogP contribution < -0.4 is 4.74 Å². The molecule has 0 spiro atoms. The third kappa shape index (κ3) is 4.18. The second kappa shape index (κ2) is 9.52. The zero-order chi connectivity index (χ0) is 26.2. The maximum absolute atomic E-state index is 13.8. The lowest BCUT2D eigenvalue weighted by atomic mass is 9.94. The van der Waals surface area contributed by atoms with Crippen molar-refractivity contribution >= 4 is 5.91 Å². The summed E-state index contributed by atoms with van der Waals surface area (Å²) >= 11 is 0. The van der Waals surface area contributed by atoms with Crippen molar-refractivity contribution in [3.05, 3.63) is 125 Å². The third-order valence-corrected chi connectivity index (χ3v) is 6.79. The fraction of sp³-hybridized carbons (Fsp3) is 0.129. The molecule has 3 heterocycles. The number of para-hydroxylation sites is 1. The molecule has 2 aromatic heterocycles. The number of aromatic amines is 1. The second-order valence-corrected chi connectivity index (χ2v) is 9.52. The van der Waals surface area contributed by atoms with Crippen LogP contribution in [0.2, 0.25) is 0 Å². The molecule has 0 fully saturated rings. The van der Waals surface area contributed by atoms with Gasteiger partial charge in [0.25, 0.3) is 5.91 Å². The van der Waals surface area contributed by atoms with Gasteiger partial charge in [0.15, 0.2) is 0 Å². The van der Waals surface area contributed by atoms with Gasteiger partial charge in [-0.05, 0) is 72.5 Å². The van der Waals surface area contributed by atoms with Gasteiger partial charge in [0.05, 0.1) is 6.04 Å². The number of benzene rings is 3. The molecule has 1 aliphatic heterocycles. The number of nitrogens with zero attached hydrogens (tertiary/aromatic N) is 3. The number of aryl methyl sites for hydroxylation is 2. The Morgan fingerprint density at radius 3 is 2.58 bits per heavy atom. The number of carbonyl (C=O) groups is 1. The Morgan fingerprint density at radius 1 is 0.974 bits per heavy atom. The summed E-state index contributed by atoms with van der Waals surface area (Å²) in [4.78, 5) is 19.8. The first-order valence-electron chi connectivity index (χ1n) is 12.4. The average molecular weight is 503 g/mol. The molecule has 188 valence electrons. The highest BCUT2D eigenvalue weighted by atomic mass is 16.5. The first-order valence-corrected chi connectivity index (χ1v) is 12.4. The van der Waals surface area contributed by atoms with Gasteiger partial charge in [0.1, 0.15) is 28.6 Å². The molecular formula is C31H26N4O3. The number of phenolic OH excluding ortho intramolecular Hbond substituents is 1. The molecule has 0 saturated carbocycles. The Labute approximate surface area is 220 Å². The summed E-state index contributed by atoms with van der Waals surface area (Å²) in [5.41, 5.74) is 5.85. The Morgan fingerprint density at radius 2 is 1.79 bits per heavy atom. The maximum Gasteiger partial charge on any atom is 0.273 e. The Balaban J connectivity index is 1.49. The summed E-state index contributed by atoms with van der Waals surface area (Å²) in [6.07, 6.45) is 3.48. The molecule has 0 radical (unpaired) electrons. The van der Waals surface area contributed by atoms with E-state index in [9.17, 15) is 9.90 Å². The van der Waals surface area contributed by atoms with Crippen LogP contribution in [0.3, 0.4) is 0 Å². The number of hydrogen-bond donors (Lipinski definition) is 2. The quantitative estimate of drug-likeness (QED) is 0.283. The van der Waals surface area contributed by atoms with E-state index in [2.05, 4.69) is 15.2 Å². The van der Waals surface area contributed by atoms with Gasteiger partial charge in [-0.1, -0.05) is 42.5 Å². The molecule has 1 amide bonds. The van der Waals surface area contributed by atoms with Gasteiger partial charge < -0.3 is 14.7 Å². The maximum atomic E-state index is 13.8. The summed E-state index contributed by atoms with van der Waals surface area (Å²) in [5, 5.41) is 18.5. The molecule has 2 N–H and O–H groups in total. The predicted octanol–water partition coefficient (Wildman–Crippen LogP) is 6.33. The minimum Gasteiger partial charge on any atom is -0.507 e. The molecule has 5 aromatic rings. The van der Waals surface area contributed by atoms with Crippen molar-refractivity contribution in [2.24, 2.45) is 0 Å². The lowest BCUT2D eigenvalue weighted by Gasteiger charge is -2.27. The predicted molar refractivity (Wildman–Crippen MR) is 144 cm³/mol. The summed E-state index contributed by atoms with van der Waals surface area (Å²) in [7, 11) is 0. The number of carbonyl (C=O) groups excluding carboxylic acids is 1. The number of H-pyrrole nitrogens is 1. The summed E-state index contributed by atoms with van der Waals surface area (Å²) < 4.78 is 6.12. The monoisotopic (exact) mass is 502 g/mol. The van der Waals surface area contributed by atoms with E-state index < -0.39 is 6.04 Å². The highest BCUT2D eigenvalue weighted by Gasteiger charge is 2.42. The second-order valence-electron chi connectivity index (χ2n) is 9.52. The number of aromatic hydroxyl groups is 1. The molecule has 0 unspecified atom stereocenters. The van der Waals surface area contributed by atoms with Gasteiger partial charge in [-0.3, -0.25) is 14.9 Å². The van der Waals surface area contributed by atoms with Crippen molar-refractivity contribution in [3.63, 3.8) is 0 Å². The molecule has 1 aliphatic rings. The van der Waals surface area contributed by atoms with Crippen LogP contribution in [0.15, 0.2) is 91.3 Å². The third-order valence-electron chi connectivity index (χ3n) is 6.79. The lowest BCUT2D eigenvalue weighted by Crippen LogP contribution is -2.29. The van der Waals surface area contributed by atoms with Crippen molar-refractivity contribution in [1.82, 2.24) is 20.1 Å². The minimum absolute atomic E-state index is 0.156. The SMILES string of the molecule is Cc1cc(C)c(O)c(-c2n[nH]c3c2[C@H](c2cccc(Oc4ccccc4)c2)N(Cc2cccnc2)C3=O)c1. The summed E-state index contributed by atoms with van der Waals surface area (Å²) in [6, 6.07) is 24.5. The van der Waals surface area contributed by atoms with Crippen molar-refractivity contribution in [2.75, 3.05) is 0 Å². The molecule has 7 nitrogen and oxygen atoms in total. The number of ether oxygens (including phenoxy) is 1. The standard InChI is InChI=1S/C31H26N4O3/c1-19-14-20(2)30(36)25(15-19)27-26-28(34-33-27)31(37)35(18-21-8-7-13-32-17-21)29(26)22-9-6-12-24(16-22)38-23-10-4-3-5-11-23/h3-17,29,36H,18H2,1-2H3,(H,33,34)/t29-/m0/s1. The number of fused-ring (bicyclic) bond motifs is 1. The van der Waals surface area contributed by atoms with Crippen molar-refractivity contribution < 1.29 is 14.6 Å². The van der Waals surface area contributed by atoms with Crippen molar-refractivity contribution in [1.29, 1.82) is 0 Å². The molecule has 3 aromatic carbocycles. The van der Waals surface area contributed by atoms with Crippen molar-refractivity contribution in [2.45, 2.75) is 26.4 Å². The van der Waals surface area contributed by atoms with E-state index in [-0.39, 0.29) is 11.7 Å². The van der Waals surface area contributed by atoms with E-state index in [1.165, 1.54) is 0 Å². The topological polar surface area (TPSA) is 91.3 Å². The lowest BCUT2D eigenvalue weighted by molar-refractivity contribution is 0.0729. The molecule has 38 heavy (non-hydrogen) atoms. The van der Waals surface area contributed by atoms with E-state index in [1.807, 2.05) is 97.6 Å². The average Bonchev–Trinajstić information content (AvgIpc) is 3.46.